The van der Waals surface area contributed by atoms with E-state index in [1.165, 1.54) is 25.7 Å². The first-order valence-corrected chi connectivity index (χ1v) is 7.34. The largest absolute Gasteiger partial charge is 0.339 e. The van der Waals surface area contributed by atoms with Gasteiger partial charge in [-0.05, 0) is 39.7 Å². The fraction of sp³-hybridized carbons (Fsp3) is 0.929. The second-order valence-electron chi connectivity index (χ2n) is 5.90. The summed E-state index contributed by atoms with van der Waals surface area (Å²) in [6.07, 6.45) is 7.15. The molecule has 1 amide bonds. The molecular formula is C14H27N3O. The van der Waals surface area contributed by atoms with Crippen molar-refractivity contribution in [3.05, 3.63) is 0 Å². The molecule has 104 valence electrons. The van der Waals surface area contributed by atoms with E-state index in [-0.39, 0.29) is 11.4 Å². The standard InChI is InChI=1S/C14H27N3O/c1-3-17(12-6-7-12)13(18)10-16(2)14(11-15)8-4-5-9-14/h12H,3-11,15H2,1-2H3. The quantitative estimate of drug-likeness (QED) is 0.774. The van der Waals surface area contributed by atoms with E-state index >= 15 is 0 Å². The van der Waals surface area contributed by atoms with Crippen molar-refractivity contribution in [3.63, 3.8) is 0 Å². The number of carbonyl (C=O) groups excluding carboxylic acids is 1. The van der Waals surface area contributed by atoms with Crippen LogP contribution in [0.4, 0.5) is 0 Å². The summed E-state index contributed by atoms with van der Waals surface area (Å²) >= 11 is 0. The Kier molecular flexibility index (Phi) is 4.28. The zero-order valence-corrected chi connectivity index (χ0v) is 11.8. The van der Waals surface area contributed by atoms with Gasteiger partial charge in [-0.1, -0.05) is 12.8 Å². The third kappa shape index (κ3) is 2.69. The van der Waals surface area contributed by atoms with Crippen molar-refractivity contribution in [2.45, 2.75) is 57.0 Å². The number of nitrogens with zero attached hydrogens (tertiary/aromatic N) is 2. The highest BCUT2D eigenvalue weighted by Crippen LogP contribution is 2.34. The molecule has 2 rings (SSSR count). The van der Waals surface area contributed by atoms with E-state index in [1.54, 1.807) is 0 Å². The molecule has 0 aromatic carbocycles. The van der Waals surface area contributed by atoms with Crippen LogP contribution in [0, 0.1) is 0 Å². The minimum Gasteiger partial charge on any atom is -0.339 e. The highest BCUT2D eigenvalue weighted by atomic mass is 16.2. The molecule has 0 unspecified atom stereocenters. The normalized spacial score (nSPS) is 22.4. The van der Waals surface area contributed by atoms with Gasteiger partial charge in [0.25, 0.3) is 0 Å². The lowest BCUT2D eigenvalue weighted by molar-refractivity contribution is -0.133. The number of rotatable bonds is 6. The number of likely N-dealkylation sites (N-methyl/N-ethyl adjacent to an activating group) is 2. The summed E-state index contributed by atoms with van der Waals surface area (Å²) in [5.41, 5.74) is 6.04. The Bertz CT molecular complexity index is 295. The van der Waals surface area contributed by atoms with Gasteiger partial charge < -0.3 is 10.6 Å². The summed E-state index contributed by atoms with van der Waals surface area (Å²) in [6, 6.07) is 0.522. The lowest BCUT2D eigenvalue weighted by Gasteiger charge is -2.38. The van der Waals surface area contributed by atoms with Crippen molar-refractivity contribution in [2.75, 3.05) is 26.7 Å². The van der Waals surface area contributed by atoms with Crippen LogP contribution in [0.15, 0.2) is 0 Å². The Hall–Kier alpha value is -0.610. The molecule has 0 aromatic rings. The summed E-state index contributed by atoms with van der Waals surface area (Å²) in [7, 11) is 2.07. The van der Waals surface area contributed by atoms with Crippen molar-refractivity contribution in [3.8, 4) is 0 Å². The smallest absolute Gasteiger partial charge is 0.236 e. The molecule has 4 heteroatoms. The van der Waals surface area contributed by atoms with Crippen LogP contribution < -0.4 is 5.73 Å². The fourth-order valence-corrected chi connectivity index (χ4v) is 3.26. The molecule has 0 aromatic heterocycles. The second-order valence-corrected chi connectivity index (χ2v) is 5.90. The SMILES string of the molecule is CCN(C(=O)CN(C)C1(CN)CCCC1)C1CC1. The number of amides is 1. The van der Waals surface area contributed by atoms with Crippen molar-refractivity contribution in [2.24, 2.45) is 5.73 Å². The molecule has 0 heterocycles. The van der Waals surface area contributed by atoms with E-state index in [0.717, 1.165) is 19.4 Å². The molecule has 0 atom stereocenters. The zero-order chi connectivity index (χ0) is 13.2. The molecule has 0 saturated heterocycles. The van der Waals surface area contributed by atoms with Crippen LogP contribution in [-0.4, -0.2) is 54.0 Å². The molecule has 2 saturated carbocycles. The first-order valence-electron chi connectivity index (χ1n) is 7.34. The van der Waals surface area contributed by atoms with Crippen LogP contribution >= 0.6 is 0 Å². The number of carbonyl (C=O) groups is 1. The highest BCUT2D eigenvalue weighted by Gasteiger charge is 2.39. The van der Waals surface area contributed by atoms with Gasteiger partial charge in [0.1, 0.15) is 0 Å². The van der Waals surface area contributed by atoms with Gasteiger partial charge in [-0.2, -0.15) is 0 Å². The third-order valence-electron chi connectivity index (χ3n) is 4.75. The van der Waals surface area contributed by atoms with Crippen LogP contribution in [0.25, 0.3) is 0 Å². The van der Waals surface area contributed by atoms with Crippen molar-refractivity contribution < 1.29 is 4.79 Å². The zero-order valence-electron chi connectivity index (χ0n) is 11.8. The van der Waals surface area contributed by atoms with Gasteiger partial charge in [0.2, 0.25) is 5.91 Å². The Morgan fingerprint density at radius 1 is 1.33 bits per heavy atom. The number of hydrogen-bond acceptors (Lipinski definition) is 3. The van der Waals surface area contributed by atoms with Gasteiger partial charge >= 0.3 is 0 Å². The molecule has 0 radical (unpaired) electrons. The van der Waals surface area contributed by atoms with Gasteiger partial charge in [-0.25, -0.2) is 0 Å². The van der Waals surface area contributed by atoms with E-state index in [1.807, 2.05) is 4.90 Å². The summed E-state index contributed by atoms with van der Waals surface area (Å²) in [5, 5.41) is 0. The van der Waals surface area contributed by atoms with E-state index in [2.05, 4.69) is 18.9 Å². The second kappa shape index (κ2) is 5.57. The first kappa shape index (κ1) is 13.8. The molecule has 0 aliphatic heterocycles. The monoisotopic (exact) mass is 253 g/mol. The summed E-state index contributed by atoms with van der Waals surface area (Å²) in [5.74, 6) is 0.280. The maximum atomic E-state index is 12.3. The van der Waals surface area contributed by atoms with Gasteiger partial charge in [0, 0.05) is 24.7 Å². The van der Waals surface area contributed by atoms with E-state index in [4.69, 9.17) is 5.73 Å². The lowest BCUT2D eigenvalue weighted by atomic mass is 9.96. The van der Waals surface area contributed by atoms with Crippen LogP contribution in [0.3, 0.4) is 0 Å². The van der Waals surface area contributed by atoms with E-state index in [0.29, 0.717) is 19.1 Å². The first-order chi connectivity index (χ1) is 8.63. The Morgan fingerprint density at radius 3 is 2.39 bits per heavy atom. The molecule has 2 N–H and O–H groups in total. The molecule has 18 heavy (non-hydrogen) atoms. The number of nitrogens with two attached hydrogens (primary N) is 1. The van der Waals surface area contributed by atoms with Crippen LogP contribution in [0.1, 0.15) is 45.4 Å². The molecule has 2 aliphatic rings. The Morgan fingerprint density at radius 2 is 1.94 bits per heavy atom. The summed E-state index contributed by atoms with van der Waals surface area (Å²) in [6.45, 7) is 4.12. The average Bonchev–Trinajstić information content (AvgIpc) is 3.07. The third-order valence-corrected chi connectivity index (χ3v) is 4.75. The Balaban J connectivity index is 1.93. The van der Waals surface area contributed by atoms with Gasteiger partial charge in [-0.3, -0.25) is 9.69 Å². The molecule has 0 bridgehead atoms. The van der Waals surface area contributed by atoms with Gasteiger partial charge in [0.05, 0.1) is 6.54 Å². The highest BCUT2D eigenvalue weighted by molar-refractivity contribution is 5.79. The topological polar surface area (TPSA) is 49.6 Å². The van der Waals surface area contributed by atoms with E-state index in [9.17, 15) is 4.79 Å². The summed E-state index contributed by atoms with van der Waals surface area (Å²) < 4.78 is 0. The van der Waals surface area contributed by atoms with Crippen LogP contribution in [0.5, 0.6) is 0 Å². The minimum absolute atomic E-state index is 0.0820. The van der Waals surface area contributed by atoms with Crippen molar-refractivity contribution in [1.82, 2.24) is 9.80 Å². The van der Waals surface area contributed by atoms with E-state index < -0.39 is 0 Å². The van der Waals surface area contributed by atoms with Gasteiger partial charge in [-0.15, -0.1) is 0 Å². The lowest BCUT2D eigenvalue weighted by Crippen LogP contribution is -2.53. The van der Waals surface area contributed by atoms with Crippen molar-refractivity contribution in [1.29, 1.82) is 0 Å². The maximum absolute atomic E-state index is 12.3. The maximum Gasteiger partial charge on any atom is 0.236 e. The average molecular weight is 253 g/mol. The fourth-order valence-electron chi connectivity index (χ4n) is 3.26. The minimum atomic E-state index is 0.0820. The predicted octanol–water partition coefficient (Wildman–Crippen LogP) is 1.20. The molecule has 0 spiro atoms. The van der Waals surface area contributed by atoms with Crippen LogP contribution in [-0.2, 0) is 4.79 Å². The Labute approximate surface area is 110 Å². The number of hydrogen-bond donors (Lipinski definition) is 1. The molecular weight excluding hydrogens is 226 g/mol. The predicted molar refractivity (Wildman–Crippen MR) is 73.3 cm³/mol. The van der Waals surface area contributed by atoms with Gasteiger partial charge in [0.15, 0.2) is 0 Å². The molecule has 2 fully saturated rings. The summed E-state index contributed by atoms with van der Waals surface area (Å²) in [4.78, 5) is 16.6. The molecule has 2 aliphatic carbocycles. The van der Waals surface area contributed by atoms with Crippen molar-refractivity contribution >= 4 is 5.91 Å². The van der Waals surface area contributed by atoms with Crippen LogP contribution in [0.2, 0.25) is 0 Å². The molecule has 4 nitrogen and oxygen atoms in total.